The highest BCUT2D eigenvalue weighted by Gasteiger charge is 1.95. The Bertz CT molecular complexity index is 457. The maximum Gasteiger partial charge on any atom is 0.221 e. The lowest BCUT2D eigenvalue weighted by atomic mass is 10.2. The van der Waals surface area contributed by atoms with Gasteiger partial charge < -0.3 is 5.32 Å². The van der Waals surface area contributed by atoms with E-state index in [9.17, 15) is 4.79 Å². The maximum absolute atomic E-state index is 11.2. The van der Waals surface area contributed by atoms with Crippen LogP contribution in [0.25, 0.3) is 0 Å². The normalized spacial score (nSPS) is 9.00. The van der Waals surface area contributed by atoms with Crippen molar-refractivity contribution in [1.82, 2.24) is 5.32 Å². The van der Waals surface area contributed by atoms with Crippen molar-refractivity contribution >= 4 is 17.5 Å². The lowest BCUT2D eigenvalue weighted by Gasteiger charge is -1.97. The monoisotopic (exact) mass is 247 g/mol. The highest BCUT2D eigenvalue weighted by Crippen LogP contribution is 2.09. The van der Waals surface area contributed by atoms with Crippen LogP contribution in [0, 0.1) is 11.8 Å². The van der Waals surface area contributed by atoms with Gasteiger partial charge in [-0.15, -0.1) is 6.58 Å². The third-order valence-corrected chi connectivity index (χ3v) is 2.24. The molecule has 0 spiro atoms. The maximum atomic E-state index is 11.2. The molecule has 0 bridgehead atoms. The molecule has 17 heavy (non-hydrogen) atoms. The number of halogens is 1. The molecule has 0 fully saturated rings. The number of benzene rings is 1. The SMILES string of the molecule is C=CCCC(=O)NCC#Cc1cccc(Cl)c1. The minimum absolute atomic E-state index is 0.00899. The zero-order chi connectivity index (χ0) is 12.5. The van der Waals surface area contributed by atoms with Gasteiger partial charge in [0, 0.05) is 17.0 Å². The van der Waals surface area contributed by atoms with Crippen molar-refractivity contribution in [3.63, 3.8) is 0 Å². The number of allylic oxidation sites excluding steroid dienone is 1. The lowest BCUT2D eigenvalue weighted by molar-refractivity contribution is -0.120. The van der Waals surface area contributed by atoms with Crippen molar-refractivity contribution in [1.29, 1.82) is 0 Å². The minimum atomic E-state index is -0.00899. The molecule has 3 heteroatoms. The zero-order valence-electron chi connectivity index (χ0n) is 9.50. The first-order chi connectivity index (χ1) is 8.22. The second kappa shape index (κ2) is 7.54. The molecule has 2 nitrogen and oxygen atoms in total. The number of carbonyl (C=O) groups excluding carboxylic acids is 1. The van der Waals surface area contributed by atoms with Crippen LogP contribution in [0.4, 0.5) is 0 Å². The van der Waals surface area contributed by atoms with E-state index in [2.05, 4.69) is 23.7 Å². The van der Waals surface area contributed by atoms with Gasteiger partial charge in [-0.05, 0) is 24.6 Å². The van der Waals surface area contributed by atoms with Crippen molar-refractivity contribution in [2.45, 2.75) is 12.8 Å². The van der Waals surface area contributed by atoms with Gasteiger partial charge in [0.25, 0.3) is 0 Å². The number of rotatable bonds is 4. The second-order valence-electron chi connectivity index (χ2n) is 3.42. The number of hydrogen-bond acceptors (Lipinski definition) is 1. The van der Waals surface area contributed by atoms with Crippen LogP contribution < -0.4 is 5.32 Å². The van der Waals surface area contributed by atoms with Gasteiger partial charge in [0.2, 0.25) is 5.91 Å². The van der Waals surface area contributed by atoms with E-state index in [-0.39, 0.29) is 5.91 Å². The van der Waals surface area contributed by atoms with Crippen LogP contribution in [0.3, 0.4) is 0 Å². The Morgan fingerprint density at radius 3 is 3.06 bits per heavy atom. The number of carbonyl (C=O) groups is 1. The topological polar surface area (TPSA) is 29.1 Å². The van der Waals surface area contributed by atoms with Gasteiger partial charge in [0.15, 0.2) is 0 Å². The lowest BCUT2D eigenvalue weighted by Crippen LogP contribution is -2.22. The van der Waals surface area contributed by atoms with Crippen LogP contribution in [0.15, 0.2) is 36.9 Å². The van der Waals surface area contributed by atoms with Crippen LogP contribution in [-0.2, 0) is 4.79 Å². The summed E-state index contributed by atoms with van der Waals surface area (Å²) >= 11 is 5.82. The molecule has 0 radical (unpaired) electrons. The summed E-state index contributed by atoms with van der Waals surface area (Å²) in [5.41, 5.74) is 0.845. The molecule has 0 unspecified atom stereocenters. The van der Waals surface area contributed by atoms with E-state index < -0.39 is 0 Å². The summed E-state index contributed by atoms with van der Waals surface area (Å²) in [4.78, 5) is 11.2. The Hall–Kier alpha value is -1.72. The molecule has 0 saturated carbocycles. The fraction of sp³-hybridized carbons (Fsp3) is 0.214. The quantitative estimate of drug-likeness (QED) is 0.643. The molecular weight excluding hydrogens is 234 g/mol. The number of nitrogens with one attached hydrogen (secondary N) is 1. The Labute approximate surface area is 107 Å². The van der Waals surface area contributed by atoms with Crippen molar-refractivity contribution in [2.24, 2.45) is 0 Å². The van der Waals surface area contributed by atoms with E-state index in [1.807, 2.05) is 12.1 Å². The largest absolute Gasteiger partial charge is 0.345 e. The summed E-state index contributed by atoms with van der Waals surface area (Å²) < 4.78 is 0. The molecule has 88 valence electrons. The van der Waals surface area contributed by atoms with E-state index >= 15 is 0 Å². The van der Waals surface area contributed by atoms with Crippen LogP contribution in [-0.4, -0.2) is 12.5 Å². The minimum Gasteiger partial charge on any atom is -0.345 e. The molecule has 0 aliphatic carbocycles. The molecule has 0 aromatic heterocycles. The van der Waals surface area contributed by atoms with Crippen molar-refractivity contribution in [3.05, 3.63) is 47.5 Å². The predicted octanol–water partition coefficient (Wildman–Crippen LogP) is 2.77. The fourth-order valence-corrected chi connectivity index (χ4v) is 1.37. The van der Waals surface area contributed by atoms with E-state index in [0.717, 1.165) is 5.56 Å². The van der Waals surface area contributed by atoms with Crippen LogP contribution >= 0.6 is 11.6 Å². The highest BCUT2D eigenvalue weighted by atomic mass is 35.5. The summed E-state index contributed by atoms with van der Waals surface area (Å²) in [6.45, 7) is 3.91. The fourth-order valence-electron chi connectivity index (χ4n) is 1.18. The van der Waals surface area contributed by atoms with E-state index in [0.29, 0.717) is 24.4 Å². The first kappa shape index (κ1) is 13.3. The molecule has 1 N–H and O–H groups in total. The third kappa shape index (κ3) is 5.79. The van der Waals surface area contributed by atoms with Crippen molar-refractivity contribution in [2.75, 3.05) is 6.54 Å². The second-order valence-corrected chi connectivity index (χ2v) is 3.85. The molecule has 1 rings (SSSR count). The standard InChI is InChI=1S/C14H14ClNO/c1-2-3-9-14(17)16-10-5-7-12-6-4-8-13(15)11-12/h2,4,6,8,11H,1,3,9-10H2,(H,16,17). The number of amides is 1. The van der Waals surface area contributed by atoms with Gasteiger partial charge >= 0.3 is 0 Å². The van der Waals surface area contributed by atoms with Gasteiger partial charge in [0.05, 0.1) is 6.54 Å². The van der Waals surface area contributed by atoms with Crippen LogP contribution in [0.1, 0.15) is 18.4 Å². The summed E-state index contributed by atoms with van der Waals surface area (Å²) in [7, 11) is 0. The summed E-state index contributed by atoms with van der Waals surface area (Å²) in [6.07, 6.45) is 2.87. The van der Waals surface area contributed by atoms with Gasteiger partial charge in [-0.1, -0.05) is 35.6 Å². The van der Waals surface area contributed by atoms with Gasteiger partial charge in [-0.2, -0.15) is 0 Å². The molecule has 1 aromatic carbocycles. The van der Waals surface area contributed by atoms with Crippen LogP contribution in [0.5, 0.6) is 0 Å². The smallest absolute Gasteiger partial charge is 0.221 e. The molecule has 0 aliphatic rings. The molecule has 0 saturated heterocycles. The third-order valence-electron chi connectivity index (χ3n) is 2.01. The van der Waals surface area contributed by atoms with Crippen LogP contribution in [0.2, 0.25) is 5.02 Å². The summed E-state index contributed by atoms with van der Waals surface area (Å²) in [5, 5.41) is 3.37. The van der Waals surface area contributed by atoms with Gasteiger partial charge in [-0.3, -0.25) is 4.79 Å². The first-order valence-electron chi connectivity index (χ1n) is 5.34. The molecule has 1 amide bonds. The summed E-state index contributed by atoms with van der Waals surface area (Å²) in [5.74, 6) is 5.79. The molecule has 1 aromatic rings. The predicted molar refractivity (Wildman–Crippen MR) is 70.8 cm³/mol. The Morgan fingerprint density at radius 2 is 2.35 bits per heavy atom. The van der Waals surface area contributed by atoms with Crippen molar-refractivity contribution in [3.8, 4) is 11.8 Å². The van der Waals surface area contributed by atoms with E-state index in [1.54, 1.807) is 18.2 Å². The van der Waals surface area contributed by atoms with Gasteiger partial charge in [0.1, 0.15) is 0 Å². The van der Waals surface area contributed by atoms with E-state index in [1.165, 1.54) is 0 Å². The Balaban J connectivity index is 2.36. The highest BCUT2D eigenvalue weighted by molar-refractivity contribution is 6.30. The average molecular weight is 248 g/mol. The summed E-state index contributed by atoms with van der Waals surface area (Å²) in [6, 6.07) is 7.30. The Morgan fingerprint density at radius 1 is 1.53 bits per heavy atom. The molecule has 0 heterocycles. The molecule has 0 atom stereocenters. The Kier molecular flexibility index (Phi) is 5.92. The number of hydrogen-bond donors (Lipinski definition) is 1. The van der Waals surface area contributed by atoms with E-state index in [4.69, 9.17) is 11.6 Å². The first-order valence-corrected chi connectivity index (χ1v) is 5.72. The van der Waals surface area contributed by atoms with Crippen molar-refractivity contribution < 1.29 is 4.79 Å². The molecule has 0 aliphatic heterocycles. The average Bonchev–Trinajstić information content (AvgIpc) is 2.32. The van der Waals surface area contributed by atoms with Gasteiger partial charge in [-0.25, -0.2) is 0 Å². The zero-order valence-corrected chi connectivity index (χ0v) is 10.3. The molecular formula is C14H14ClNO.